The molecule has 0 spiro atoms. The fourth-order valence-electron chi connectivity index (χ4n) is 5.08. The largest absolute Gasteiger partial charge is 0.416 e. The zero-order chi connectivity index (χ0) is 32.4. The van der Waals surface area contributed by atoms with Gasteiger partial charge in [0.15, 0.2) is 0 Å². The zero-order valence-corrected chi connectivity index (χ0v) is 25.3. The Bertz CT molecular complexity index is 1430. The van der Waals surface area contributed by atoms with Crippen LogP contribution < -0.4 is 9.80 Å². The maximum atomic E-state index is 13.9. The number of carbonyl (C=O) groups excluding carboxylic acids is 1. The lowest BCUT2D eigenvalue weighted by Crippen LogP contribution is -2.42. The minimum atomic E-state index is -5.03. The molecule has 0 aliphatic carbocycles. The number of nitrogens with zero attached hydrogens (tertiary/aromatic N) is 4. The van der Waals surface area contributed by atoms with Gasteiger partial charge in [0, 0.05) is 45.8 Å². The van der Waals surface area contributed by atoms with Gasteiger partial charge in [-0.3, -0.25) is 9.69 Å². The third kappa shape index (κ3) is 7.52. The molecule has 6 nitrogen and oxygen atoms in total. The Balaban J connectivity index is 1.71. The smallest absolute Gasteiger partial charge is 0.379 e. The predicted molar refractivity (Wildman–Crippen MR) is 158 cm³/mol. The number of morpholine rings is 1. The fourth-order valence-corrected chi connectivity index (χ4v) is 5.08. The topological polar surface area (TPSA) is 48.9 Å². The van der Waals surface area contributed by atoms with Crippen molar-refractivity contribution in [1.82, 2.24) is 9.88 Å². The molecular weight excluding hydrogens is 586 g/mol. The van der Waals surface area contributed by atoms with Gasteiger partial charge in [-0.05, 0) is 56.2 Å². The quantitative estimate of drug-likeness (QED) is 0.259. The number of anilines is 2. The average Bonchev–Trinajstić information content (AvgIpc) is 2.98. The standard InChI is InChI=1S/C32H36F6N4O2/c1-21-6-8-22(9-7-21)26-19-28(40(4)10-11-42-12-14-44-15-13-42)39-20-27(26)41(5)29(43)30(2,3)23-16-24(31(33,34)35)18-25(17-23)32(36,37)38/h6-9,16-20H,10-15H2,1-5H3. The molecule has 0 unspecified atom stereocenters. The van der Waals surface area contributed by atoms with E-state index in [-0.39, 0.29) is 6.07 Å². The van der Waals surface area contributed by atoms with Crippen molar-refractivity contribution in [3.05, 3.63) is 77.0 Å². The maximum absolute atomic E-state index is 13.9. The van der Waals surface area contributed by atoms with Crippen molar-refractivity contribution < 1.29 is 35.9 Å². The van der Waals surface area contributed by atoms with Crippen LogP contribution in [0.4, 0.5) is 37.8 Å². The molecule has 3 aromatic rings. The van der Waals surface area contributed by atoms with Gasteiger partial charge in [0.2, 0.25) is 5.91 Å². The van der Waals surface area contributed by atoms with E-state index < -0.39 is 40.4 Å². The minimum Gasteiger partial charge on any atom is -0.379 e. The van der Waals surface area contributed by atoms with Crippen LogP contribution in [0.25, 0.3) is 11.1 Å². The lowest BCUT2D eigenvalue weighted by molar-refractivity contribution is -0.143. The highest BCUT2D eigenvalue weighted by molar-refractivity contribution is 6.03. The Hall–Kier alpha value is -3.64. The Labute approximate surface area is 253 Å². The van der Waals surface area contributed by atoms with Crippen molar-refractivity contribution in [2.24, 2.45) is 0 Å². The zero-order valence-electron chi connectivity index (χ0n) is 25.3. The van der Waals surface area contributed by atoms with E-state index in [1.54, 1.807) is 0 Å². The maximum Gasteiger partial charge on any atom is 0.416 e. The highest BCUT2D eigenvalue weighted by atomic mass is 19.4. The van der Waals surface area contributed by atoms with Gasteiger partial charge in [-0.2, -0.15) is 26.3 Å². The van der Waals surface area contributed by atoms with Crippen molar-refractivity contribution >= 4 is 17.4 Å². The first-order chi connectivity index (χ1) is 20.5. The second-order valence-corrected chi connectivity index (χ2v) is 11.6. The van der Waals surface area contributed by atoms with Crippen molar-refractivity contribution in [2.75, 3.05) is 63.3 Å². The van der Waals surface area contributed by atoms with Gasteiger partial charge in [-0.15, -0.1) is 0 Å². The summed E-state index contributed by atoms with van der Waals surface area (Å²) in [6, 6.07) is 10.7. The molecule has 2 heterocycles. The number of benzene rings is 2. The summed E-state index contributed by atoms with van der Waals surface area (Å²) >= 11 is 0. The van der Waals surface area contributed by atoms with Crippen molar-refractivity contribution in [3.63, 3.8) is 0 Å². The van der Waals surface area contributed by atoms with Crippen LogP contribution in [-0.2, 0) is 27.3 Å². The number of amides is 1. The van der Waals surface area contributed by atoms with Crippen LogP contribution in [-0.4, -0.2) is 69.3 Å². The first-order valence-electron chi connectivity index (χ1n) is 14.1. The Morgan fingerprint density at radius 1 is 0.886 bits per heavy atom. The summed E-state index contributed by atoms with van der Waals surface area (Å²) in [4.78, 5) is 24.0. The highest BCUT2D eigenvalue weighted by Gasteiger charge is 2.41. The first-order valence-corrected chi connectivity index (χ1v) is 14.1. The molecule has 0 N–H and O–H groups in total. The van der Waals surface area contributed by atoms with Crippen molar-refractivity contribution in [1.29, 1.82) is 0 Å². The average molecular weight is 623 g/mol. The molecule has 1 amide bonds. The first kappa shape index (κ1) is 33.3. The van der Waals surface area contributed by atoms with Crippen LogP contribution in [0.5, 0.6) is 0 Å². The Morgan fingerprint density at radius 3 is 1.98 bits per heavy atom. The number of pyridine rings is 1. The summed E-state index contributed by atoms with van der Waals surface area (Å²) in [6.07, 6.45) is -8.56. The summed E-state index contributed by atoms with van der Waals surface area (Å²) in [5.41, 5.74) is -2.32. The highest BCUT2D eigenvalue weighted by Crippen LogP contribution is 2.41. The van der Waals surface area contributed by atoms with Crippen LogP contribution in [0.1, 0.15) is 36.1 Å². The Kier molecular flexibility index (Phi) is 9.65. The number of likely N-dealkylation sites (N-methyl/N-ethyl adjacent to an activating group) is 2. The molecule has 4 rings (SSSR count). The van der Waals surface area contributed by atoms with Crippen molar-refractivity contribution in [2.45, 2.75) is 38.5 Å². The van der Waals surface area contributed by atoms with Gasteiger partial charge in [0.1, 0.15) is 5.82 Å². The lowest BCUT2D eigenvalue weighted by Gasteiger charge is -2.32. The second kappa shape index (κ2) is 12.8. The van der Waals surface area contributed by atoms with Gasteiger partial charge in [-0.1, -0.05) is 29.8 Å². The van der Waals surface area contributed by atoms with E-state index in [0.717, 1.165) is 30.8 Å². The van der Waals surface area contributed by atoms with E-state index in [2.05, 4.69) is 9.88 Å². The van der Waals surface area contributed by atoms with E-state index in [1.165, 1.54) is 32.0 Å². The number of aromatic nitrogens is 1. The molecule has 1 aromatic heterocycles. The van der Waals surface area contributed by atoms with Gasteiger partial charge in [0.25, 0.3) is 0 Å². The van der Waals surface area contributed by atoms with E-state index >= 15 is 0 Å². The number of halogens is 6. The number of carbonyl (C=O) groups is 1. The molecule has 44 heavy (non-hydrogen) atoms. The third-order valence-electron chi connectivity index (χ3n) is 7.99. The molecule has 0 bridgehead atoms. The summed E-state index contributed by atoms with van der Waals surface area (Å²) in [5, 5.41) is 0. The van der Waals surface area contributed by atoms with Crippen LogP contribution in [0, 0.1) is 6.92 Å². The van der Waals surface area contributed by atoms with Crippen LogP contribution >= 0.6 is 0 Å². The normalized spacial score (nSPS) is 14.9. The summed E-state index contributed by atoms with van der Waals surface area (Å²) < 4.78 is 87.0. The fraction of sp³-hybridized carbons (Fsp3) is 0.438. The SMILES string of the molecule is Cc1ccc(-c2cc(N(C)CCN3CCOCC3)ncc2N(C)C(=O)C(C)(C)c2cc(C(F)(F)F)cc(C(F)(F)F)c2)cc1. The molecule has 1 fully saturated rings. The molecule has 12 heteroatoms. The molecule has 1 saturated heterocycles. The number of rotatable bonds is 8. The molecule has 1 aliphatic heterocycles. The van der Waals surface area contributed by atoms with Crippen LogP contribution in [0.15, 0.2) is 54.7 Å². The van der Waals surface area contributed by atoms with Gasteiger partial charge < -0.3 is 14.5 Å². The van der Waals surface area contributed by atoms with E-state index in [9.17, 15) is 31.1 Å². The molecule has 2 aromatic carbocycles. The molecule has 0 atom stereocenters. The number of alkyl halides is 6. The third-order valence-corrected chi connectivity index (χ3v) is 7.99. The minimum absolute atomic E-state index is 0.0570. The number of ether oxygens (including phenoxy) is 1. The number of aryl methyl sites for hydroxylation is 1. The predicted octanol–water partition coefficient (Wildman–Crippen LogP) is 6.80. The van der Waals surface area contributed by atoms with E-state index in [4.69, 9.17) is 4.74 Å². The van der Waals surface area contributed by atoms with Gasteiger partial charge in [-0.25, -0.2) is 4.98 Å². The van der Waals surface area contributed by atoms with E-state index in [0.29, 0.717) is 49.0 Å². The Morgan fingerprint density at radius 2 is 1.43 bits per heavy atom. The summed E-state index contributed by atoms with van der Waals surface area (Å²) in [7, 11) is 3.35. The monoisotopic (exact) mass is 622 g/mol. The van der Waals surface area contributed by atoms with Crippen molar-refractivity contribution in [3.8, 4) is 11.1 Å². The molecular formula is C32H36F6N4O2. The molecule has 0 saturated carbocycles. The van der Waals surface area contributed by atoms with E-state index in [1.807, 2.05) is 49.2 Å². The molecule has 238 valence electrons. The number of hydrogen-bond donors (Lipinski definition) is 0. The molecule has 0 radical (unpaired) electrons. The summed E-state index contributed by atoms with van der Waals surface area (Å²) in [5.74, 6) is -0.0566. The van der Waals surface area contributed by atoms with Crippen LogP contribution in [0.3, 0.4) is 0 Å². The lowest BCUT2D eigenvalue weighted by atomic mass is 9.81. The summed E-state index contributed by atoms with van der Waals surface area (Å²) in [6.45, 7) is 9.09. The number of hydrogen-bond acceptors (Lipinski definition) is 5. The second-order valence-electron chi connectivity index (χ2n) is 11.6. The van der Waals surface area contributed by atoms with Gasteiger partial charge >= 0.3 is 12.4 Å². The van der Waals surface area contributed by atoms with Gasteiger partial charge in [0.05, 0.1) is 41.6 Å². The van der Waals surface area contributed by atoms with Crippen LogP contribution in [0.2, 0.25) is 0 Å². The molecule has 1 aliphatic rings.